The Balaban J connectivity index is 3.14. The number of carbonyl (C=O) groups excluding carboxylic acids is 1. The summed E-state index contributed by atoms with van der Waals surface area (Å²) in [6.07, 6.45) is 0. The minimum atomic E-state index is -0.0780. The molecule has 0 saturated carbocycles. The molecule has 98 valence electrons. The number of amides is 1. The Morgan fingerprint density at radius 1 is 1.56 bits per heavy atom. The zero-order chi connectivity index (χ0) is 13.7. The van der Waals surface area contributed by atoms with Crippen molar-refractivity contribution in [3.8, 4) is 0 Å². The number of nitrogens with one attached hydrogen (secondary N) is 1. The van der Waals surface area contributed by atoms with Crippen molar-refractivity contribution in [2.45, 2.75) is 6.92 Å². The standard InChI is InChI=1S/C12H16ClN3OS/c1-3-16(7-11(17)15-2)10-6-8(13)4-5-9(10)12(14)18/h4-6H,3,7H2,1-2H3,(H2,14,18)(H,15,17). The number of rotatable bonds is 5. The fourth-order valence-corrected chi connectivity index (χ4v) is 1.93. The summed E-state index contributed by atoms with van der Waals surface area (Å²) in [6, 6.07) is 5.27. The van der Waals surface area contributed by atoms with E-state index in [0.717, 1.165) is 11.3 Å². The van der Waals surface area contributed by atoms with E-state index in [2.05, 4.69) is 5.32 Å². The van der Waals surface area contributed by atoms with Crippen LogP contribution >= 0.6 is 23.8 Å². The van der Waals surface area contributed by atoms with Crippen LogP contribution in [-0.4, -0.2) is 31.0 Å². The molecule has 0 unspecified atom stereocenters. The molecule has 0 bridgehead atoms. The molecule has 0 heterocycles. The van der Waals surface area contributed by atoms with Gasteiger partial charge in [0.25, 0.3) is 0 Å². The molecule has 6 heteroatoms. The number of thiocarbonyl (C=S) groups is 1. The predicted octanol–water partition coefficient (Wildman–Crippen LogP) is 1.55. The van der Waals surface area contributed by atoms with Crippen LogP contribution in [0.2, 0.25) is 5.02 Å². The van der Waals surface area contributed by atoms with Crippen molar-refractivity contribution in [2.24, 2.45) is 5.73 Å². The molecule has 0 spiro atoms. The minimum absolute atomic E-state index is 0.0780. The van der Waals surface area contributed by atoms with Crippen molar-refractivity contribution in [3.05, 3.63) is 28.8 Å². The molecule has 0 atom stereocenters. The second-order valence-corrected chi connectivity index (χ2v) is 4.59. The molecule has 0 aliphatic rings. The zero-order valence-electron chi connectivity index (χ0n) is 10.4. The smallest absolute Gasteiger partial charge is 0.239 e. The molecule has 1 rings (SSSR count). The summed E-state index contributed by atoms with van der Waals surface area (Å²) in [5, 5.41) is 3.17. The van der Waals surface area contributed by atoms with Gasteiger partial charge in [-0.3, -0.25) is 4.79 Å². The molecule has 3 N–H and O–H groups in total. The molecule has 1 aromatic rings. The van der Waals surface area contributed by atoms with E-state index in [4.69, 9.17) is 29.6 Å². The molecule has 0 aliphatic carbocycles. The lowest BCUT2D eigenvalue weighted by Gasteiger charge is -2.24. The fourth-order valence-electron chi connectivity index (χ4n) is 1.59. The summed E-state index contributed by atoms with van der Waals surface area (Å²) in [4.78, 5) is 13.6. The summed E-state index contributed by atoms with van der Waals surface area (Å²) < 4.78 is 0. The van der Waals surface area contributed by atoms with Crippen LogP contribution in [0.3, 0.4) is 0 Å². The van der Waals surface area contributed by atoms with Gasteiger partial charge in [-0.15, -0.1) is 0 Å². The van der Waals surface area contributed by atoms with Crippen LogP contribution in [0.15, 0.2) is 18.2 Å². The number of nitrogens with two attached hydrogens (primary N) is 1. The number of halogens is 1. The van der Waals surface area contributed by atoms with Crippen LogP contribution in [0.4, 0.5) is 5.69 Å². The van der Waals surface area contributed by atoms with Gasteiger partial charge in [-0.05, 0) is 25.1 Å². The van der Waals surface area contributed by atoms with Crippen molar-refractivity contribution in [1.82, 2.24) is 5.32 Å². The highest BCUT2D eigenvalue weighted by atomic mass is 35.5. The topological polar surface area (TPSA) is 58.4 Å². The molecule has 18 heavy (non-hydrogen) atoms. The van der Waals surface area contributed by atoms with Gasteiger partial charge in [0.2, 0.25) is 5.91 Å². The molecule has 4 nitrogen and oxygen atoms in total. The van der Waals surface area contributed by atoms with Crippen LogP contribution in [0.5, 0.6) is 0 Å². The molecule has 0 aromatic heterocycles. The van der Waals surface area contributed by atoms with E-state index in [9.17, 15) is 4.79 Å². The zero-order valence-corrected chi connectivity index (χ0v) is 11.9. The average Bonchev–Trinajstić information content (AvgIpc) is 2.35. The Kier molecular flexibility index (Phi) is 5.37. The average molecular weight is 286 g/mol. The first-order valence-electron chi connectivity index (χ1n) is 5.54. The Morgan fingerprint density at radius 3 is 2.72 bits per heavy atom. The van der Waals surface area contributed by atoms with Crippen molar-refractivity contribution < 1.29 is 4.79 Å². The van der Waals surface area contributed by atoms with Gasteiger partial charge >= 0.3 is 0 Å². The molecule has 1 amide bonds. The fraction of sp³-hybridized carbons (Fsp3) is 0.333. The van der Waals surface area contributed by atoms with Crippen LogP contribution in [0.25, 0.3) is 0 Å². The first-order chi connectivity index (χ1) is 8.49. The Morgan fingerprint density at radius 2 is 2.22 bits per heavy atom. The SMILES string of the molecule is CCN(CC(=O)NC)c1cc(Cl)ccc1C(N)=S. The van der Waals surface area contributed by atoms with Crippen molar-refractivity contribution in [1.29, 1.82) is 0 Å². The Labute approximate surface area is 117 Å². The van der Waals surface area contributed by atoms with Gasteiger partial charge in [0, 0.05) is 29.9 Å². The van der Waals surface area contributed by atoms with Crippen LogP contribution in [-0.2, 0) is 4.79 Å². The first-order valence-corrected chi connectivity index (χ1v) is 6.33. The van der Waals surface area contributed by atoms with E-state index in [-0.39, 0.29) is 17.4 Å². The van der Waals surface area contributed by atoms with E-state index in [1.807, 2.05) is 11.8 Å². The lowest BCUT2D eigenvalue weighted by atomic mass is 10.1. The summed E-state index contributed by atoms with van der Waals surface area (Å²) in [5.41, 5.74) is 7.18. The van der Waals surface area contributed by atoms with E-state index in [1.165, 1.54) is 0 Å². The summed E-state index contributed by atoms with van der Waals surface area (Å²) in [5.74, 6) is -0.0780. The quantitative estimate of drug-likeness (QED) is 0.806. The molecule has 1 aromatic carbocycles. The number of carbonyl (C=O) groups is 1. The summed E-state index contributed by atoms with van der Waals surface area (Å²) in [6.45, 7) is 2.85. The van der Waals surface area contributed by atoms with E-state index in [0.29, 0.717) is 11.6 Å². The maximum Gasteiger partial charge on any atom is 0.239 e. The Bertz CT molecular complexity index is 465. The van der Waals surface area contributed by atoms with E-state index in [1.54, 1.807) is 25.2 Å². The van der Waals surface area contributed by atoms with Crippen LogP contribution in [0.1, 0.15) is 12.5 Å². The van der Waals surface area contributed by atoms with Gasteiger partial charge in [0.05, 0.1) is 6.54 Å². The van der Waals surface area contributed by atoms with Gasteiger partial charge in [-0.25, -0.2) is 0 Å². The van der Waals surface area contributed by atoms with Gasteiger partial charge in [-0.2, -0.15) is 0 Å². The Hall–Kier alpha value is -1.33. The van der Waals surface area contributed by atoms with Gasteiger partial charge in [-0.1, -0.05) is 23.8 Å². The number of hydrogen-bond donors (Lipinski definition) is 2. The highest BCUT2D eigenvalue weighted by molar-refractivity contribution is 7.80. The van der Waals surface area contributed by atoms with Crippen LogP contribution in [0, 0.1) is 0 Å². The molecular formula is C12H16ClN3OS. The second-order valence-electron chi connectivity index (χ2n) is 3.71. The largest absolute Gasteiger partial charge is 0.389 e. The van der Waals surface area contributed by atoms with Gasteiger partial charge < -0.3 is 16.0 Å². The normalized spacial score (nSPS) is 9.94. The van der Waals surface area contributed by atoms with Gasteiger partial charge in [0.15, 0.2) is 0 Å². The number of anilines is 1. The summed E-state index contributed by atoms with van der Waals surface area (Å²) in [7, 11) is 1.60. The molecule has 0 fully saturated rings. The van der Waals surface area contributed by atoms with Crippen molar-refractivity contribution in [2.75, 3.05) is 25.0 Å². The van der Waals surface area contributed by atoms with Crippen molar-refractivity contribution >= 4 is 40.4 Å². The lowest BCUT2D eigenvalue weighted by Crippen LogP contribution is -2.36. The van der Waals surface area contributed by atoms with E-state index >= 15 is 0 Å². The number of nitrogens with zero attached hydrogens (tertiary/aromatic N) is 1. The van der Waals surface area contributed by atoms with E-state index < -0.39 is 0 Å². The third-order valence-electron chi connectivity index (χ3n) is 2.56. The number of hydrogen-bond acceptors (Lipinski definition) is 3. The molecule has 0 saturated heterocycles. The molecule has 0 aliphatic heterocycles. The van der Waals surface area contributed by atoms with Crippen molar-refractivity contribution in [3.63, 3.8) is 0 Å². The lowest BCUT2D eigenvalue weighted by molar-refractivity contribution is -0.119. The minimum Gasteiger partial charge on any atom is -0.389 e. The first kappa shape index (κ1) is 14.7. The molecular weight excluding hydrogens is 270 g/mol. The number of benzene rings is 1. The van der Waals surface area contributed by atoms with Crippen LogP contribution < -0.4 is 16.0 Å². The third-order valence-corrected chi connectivity index (χ3v) is 3.02. The maximum atomic E-state index is 11.5. The number of likely N-dealkylation sites (N-methyl/N-ethyl adjacent to an activating group) is 2. The molecule has 0 radical (unpaired) electrons. The highest BCUT2D eigenvalue weighted by Gasteiger charge is 2.14. The second kappa shape index (κ2) is 6.56. The third kappa shape index (κ3) is 3.58. The predicted molar refractivity (Wildman–Crippen MR) is 79.3 cm³/mol. The highest BCUT2D eigenvalue weighted by Crippen LogP contribution is 2.24. The summed E-state index contributed by atoms with van der Waals surface area (Å²) >= 11 is 11.0. The van der Waals surface area contributed by atoms with Gasteiger partial charge in [0.1, 0.15) is 4.99 Å². The monoisotopic (exact) mass is 285 g/mol. The maximum absolute atomic E-state index is 11.5.